The number of hydrogen-bond acceptors (Lipinski definition) is 3. The lowest BCUT2D eigenvalue weighted by atomic mass is 10.3. The van der Waals surface area contributed by atoms with Crippen molar-refractivity contribution in [3.8, 4) is 0 Å². The molecular formula is C12H9ClN4O. The van der Waals surface area contributed by atoms with Crippen LogP contribution in [0.15, 0.2) is 47.5 Å². The topological polar surface area (TPSA) is 52.2 Å². The molecule has 3 aromatic heterocycles. The van der Waals surface area contributed by atoms with E-state index in [-0.39, 0.29) is 5.69 Å². The number of aromatic nitrogens is 4. The van der Waals surface area contributed by atoms with E-state index in [0.29, 0.717) is 17.3 Å². The highest BCUT2D eigenvalue weighted by Gasteiger charge is 2.06. The highest BCUT2D eigenvalue weighted by atomic mass is 35.5. The lowest BCUT2D eigenvalue weighted by molar-refractivity contribution is 0.658. The summed E-state index contributed by atoms with van der Waals surface area (Å²) >= 11 is 5.81. The molecule has 0 aromatic carbocycles. The summed E-state index contributed by atoms with van der Waals surface area (Å²) in [6.07, 6.45) is 3.30. The number of fused-ring (bicyclic) bond motifs is 1. The Bertz CT molecular complexity index is 762. The van der Waals surface area contributed by atoms with Crippen molar-refractivity contribution in [3.63, 3.8) is 0 Å². The van der Waals surface area contributed by atoms with E-state index in [4.69, 9.17) is 11.6 Å². The van der Waals surface area contributed by atoms with Crippen LogP contribution < -0.4 is 5.69 Å². The molecule has 0 atom stereocenters. The third-order valence-corrected chi connectivity index (χ3v) is 2.82. The molecule has 0 saturated carbocycles. The first-order valence-electron chi connectivity index (χ1n) is 5.39. The highest BCUT2D eigenvalue weighted by molar-refractivity contribution is 6.29. The van der Waals surface area contributed by atoms with Crippen molar-refractivity contribution in [2.75, 3.05) is 0 Å². The summed E-state index contributed by atoms with van der Waals surface area (Å²) in [6, 6.07) is 8.96. The van der Waals surface area contributed by atoms with Gasteiger partial charge in [0.2, 0.25) is 0 Å². The normalized spacial score (nSPS) is 10.9. The number of hydrogen-bond donors (Lipinski definition) is 0. The van der Waals surface area contributed by atoms with Gasteiger partial charge in [-0.2, -0.15) is 0 Å². The second-order valence-corrected chi connectivity index (χ2v) is 4.24. The maximum Gasteiger partial charge on any atom is 0.350 e. The van der Waals surface area contributed by atoms with Gasteiger partial charge in [-0.1, -0.05) is 17.7 Å². The van der Waals surface area contributed by atoms with Gasteiger partial charge in [0.05, 0.1) is 6.54 Å². The van der Waals surface area contributed by atoms with Crippen LogP contribution in [-0.2, 0) is 6.54 Å². The van der Waals surface area contributed by atoms with Crippen LogP contribution in [0.25, 0.3) is 5.65 Å². The zero-order valence-corrected chi connectivity index (χ0v) is 10.1. The van der Waals surface area contributed by atoms with E-state index >= 15 is 0 Å². The summed E-state index contributed by atoms with van der Waals surface area (Å²) in [5, 5.41) is 4.65. The second-order valence-electron chi connectivity index (χ2n) is 3.86. The molecule has 0 aliphatic heterocycles. The van der Waals surface area contributed by atoms with E-state index in [2.05, 4.69) is 10.1 Å². The molecule has 3 rings (SSSR count). The minimum Gasteiger partial charge on any atom is -0.250 e. The summed E-state index contributed by atoms with van der Waals surface area (Å²) in [6.45, 7) is 0.378. The summed E-state index contributed by atoms with van der Waals surface area (Å²) in [5.74, 6) is 0. The van der Waals surface area contributed by atoms with Gasteiger partial charge in [0, 0.05) is 12.4 Å². The Balaban J connectivity index is 2.05. The molecule has 0 radical (unpaired) electrons. The smallest absolute Gasteiger partial charge is 0.250 e. The quantitative estimate of drug-likeness (QED) is 0.658. The van der Waals surface area contributed by atoms with Crippen LogP contribution in [0.5, 0.6) is 0 Å². The molecule has 5 nitrogen and oxygen atoms in total. The molecule has 18 heavy (non-hydrogen) atoms. The van der Waals surface area contributed by atoms with Gasteiger partial charge in [-0.3, -0.25) is 4.40 Å². The predicted octanol–water partition coefficient (Wildman–Crippen LogP) is 1.59. The summed E-state index contributed by atoms with van der Waals surface area (Å²) < 4.78 is 2.91. The molecule has 0 saturated heterocycles. The van der Waals surface area contributed by atoms with Crippen molar-refractivity contribution in [2.45, 2.75) is 6.54 Å². The lowest BCUT2D eigenvalue weighted by Crippen LogP contribution is -2.21. The van der Waals surface area contributed by atoms with Gasteiger partial charge < -0.3 is 0 Å². The molecule has 3 aromatic rings. The third-order valence-electron chi connectivity index (χ3n) is 2.61. The first kappa shape index (κ1) is 11.0. The van der Waals surface area contributed by atoms with Gasteiger partial charge in [0.1, 0.15) is 5.15 Å². The van der Waals surface area contributed by atoms with Crippen molar-refractivity contribution in [2.24, 2.45) is 0 Å². The van der Waals surface area contributed by atoms with Crippen LogP contribution >= 0.6 is 11.6 Å². The fourth-order valence-electron chi connectivity index (χ4n) is 1.78. The van der Waals surface area contributed by atoms with Crippen molar-refractivity contribution >= 4 is 17.2 Å². The van der Waals surface area contributed by atoms with Gasteiger partial charge >= 0.3 is 5.69 Å². The van der Waals surface area contributed by atoms with Gasteiger partial charge in [0.25, 0.3) is 0 Å². The fraction of sp³-hybridized carbons (Fsp3) is 0.0833. The Morgan fingerprint density at radius 2 is 2.17 bits per heavy atom. The van der Waals surface area contributed by atoms with Crippen LogP contribution in [0.2, 0.25) is 5.15 Å². The van der Waals surface area contributed by atoms with Crippen molar-refractivity contribution in [1.29, 1.82) is 0 Å². The van der Waals surface area contributed by atoms with Crippen LogP contribution in [0.3, 0.4) is 0 Å². The Labute approximate surface area is 107 Å². The molecule has 0 aliphatic carbocycles. The monoisotopic (exact) mass is 260 g/mol. The highest BCUT2D eigenvalue weighted by Crippen LogP contribution is 2.07. The van der Waals surface area contributed by atoms with Crippen LogP contribution in [0, 0.1) is 0 Å². The zero-order chi connectivity index (χ0) is 12.5. The largest absolute Gasteiger partial charge is 0.350 e. The number of rotatable bonds is 2. The van der Waals surface area contributed by atoms with E-state index in [1.807, 2.05) is 12.1 Å². The maximum atomic E-state index is 12.0. The van der Waals surface area contributed by atoms with E-state index in [9.17, 15) is 4.79 Å². The Kier molecular flexibility index (Phi) is 2.60. The third kappa shape index (κ3) is 1.89. The van der Waals surface area contributed by atoms with E-state index in [0.717, 1.165) is 5.56 Å². The Morgan fingerprint density at radius 3 is 2.94 bits per heavy atom. The number of pyridine rings is 2. The SMILES string of the molecule is O=c1n(Cc2ccnc(Cl)c2)nc2ccccn12. The van der Waals surface area contributed by atoms with Crippen molar-refractivity contribution in [1.82, 2.24) is 19.2 Å². The molecule has 0 amide bonds. The molecule has 0 unspecified atom stereocenters. The van der Waals surface area contributed by atoms with Crippen molar-refractivity contribution in [3.05, 3.63) is 63.9 Å². The van der Waals surface area contributed by atoms with Crippen LogP contribution in [-0.4, -0.2) is 19.2 Å². The molecule has 0 N–H and O–H groups in total. The number of halogens is 1. The lowest BCUT2D eigenvalue weighted by Gasteiger charge is -1.99. The summed E-state index contributed by atoms with van der Waals surface area (Å²) in [7, 11) is 0. The standard InChI is InChI=1S/C12H9ClN4O/c13-10-7-9(4-5-14-10)8-17-12(18)16-6-2-1-3-11(16)15-17/h1-7H,8H2. The molecule has 6 heteroatoms. The molecule has 3 heterocycles. The predicted molar refractivity (Wildman–Crippen MR) is 67.8 cm³/mol. The first-order chi connectivity index (χ1) is 8.74. The van der Waals surface area contributed by atoms with Crippen LogP contribution in [0.1, 0.15) is 5.56 Å². The van der Waals surface area contributed by atoms with Gasteiger partial charge in [-0.05, 0) is 29.8 Å². The Morgan fingerprint density at radius 1 is 1.28 bits per heavy atom. The molecule has 0 aliphatic rings. The summed E-state index contributed by atoms with van der Waals surface area (Å²) in [4.78, 5) is 15.9. The molecule has 90 valence electrons. The van der Waals surface area contributed by atoms with Crippen LogP contribution in [0.4, 0.5) is 0 Å². The average molecular weight is 261 g/mol. The van der Waals surface area contributed by atoms with Gasteiger partial charge in [-0.25, -0.2) is 14.5 Å². The minimum absolute atomic E-state index is 0.168. The summed E-state index contributed by atoms with van der Waals surface area (Å²) in [5.41, 5.74) is 1.35. The Hall–Kier alpha value is -2.14. The zero-order valence-electron chi connectivity index (χ0n) is 9.32. The first-order valence-corrected chi connectivity index (χ1v) is 5.76. The van der Waals surface area contributed by atoms with Gasteiger partial charge in [-0.15, -0.1) is 5.10 Å². The van der Waals surface area contributed by atoms with E-state index < -0.39 is 0 Å². The molecule has 0 bridgehead atoms. The maximum absolute atomic E-state index is 12.0. The average Bonchev–Trinajstić information content (AvgIpc) is 2.67. The molecule has 0 spiro atoms. The number of nitrogens with zero attached hydrogens (tertiary/aromatic N) is 4. The van der Waals surface area contributed by atoms with E-state index in [1.54, 1.807) is 30.6 Å². The van der Waals surface area contributed by atoms with E-state index in [1.165, 1.54) is 9.08 Å². The van der Waals surface area contributed by atoms with Gasteiger partial charge in [0.15, 0.2) is 5.65 Å². The fourth-order valence-corrected chi connectivity index (χ4v) is 1.98. The second kappa shape index (κ2) is 4.27. The molecule has 0 fully saturated rings. The minimum atomic E-state index is -0.168. The van der Waals surface area contributed by atoms with Crippen molar-refractivity contribution < 1.29 is 0 Å². The molecular weight excluding hydrogens is 252 g/mol.